The molecule has 0 fully saturated rings. The van der Waals surface area contributed by atoms with Gasteiger partial charge in [0.1, 0.15) is 5.82 Å². The molecule has 1 aromatic carbocycles. The molecule has 0 spiro atoms. The number of benzene rings is 1. The number of aromatic amines is 1. The standard InChI is InChI=1S/C22H27N5O.3C4H4O4/c1-4-27(5-2)13-15(28)11-25-22-18-10-17-19-12-23-8-7-20(19)26-21(17)14(3)16(18)6-9-24-22;3*5-3(6)1-2-4(7)8/h6-10,12,15,26,28H,4-5,11,13H2,1-3H3,(H,24,25);3*1-2H,(H,5,6)(H,7,8)/b;3*2-1-. The minimum absolute atomic E-state index is 0.445. The number of carbonyl (C=O) groups is 6. The first-order valence-electron chi connectivity index (χ1n) is 15.2. The summed E-state index contributed by atoms with van der Waals surface area (Å²) in [6.45, 7) is 9.35. The van der Waals surface area contributed by atoms with Gasteiger partial charge in [-0.1, -0.05) is 13.8 Å². The fourth-order valence-corrected chi connectivity index (χ4v) is 4.35. The summed E-state index contributed by atoms with van der Waals surface area (Å²) in [6.07, 6.45) is 8.43. The van der Waals surface area contributed by atoms with E-state index in [2.05, 4.69) is 52.0 Å². The first-order chi connectivity index (χ1) is 24.5. The molecule has 52 heavy (non-hydrogen) atoms. The van der Waals surface area contributed by atoms with Crippen LogP contribution in [-0.4, -0.2) is 124 Å². The summed E-state index contributed by atoms with van der Waals surface area (Å²) in [4.78, 5) is 71.9. The third-order valence-corrected chi connectivity index (χ3v) is 6.67. The molecular weight excluding hydrogens is 686 g/mol. The second-order valence-electron chi connectivity index (χ2n) is 10.3. The van der Waals surface area contributed by atoms with Crippen molar-refractivity contribution in [3.05, 3.63) is 78.8 Å². The number of rotatable bonds is 13. The highest BCUT2D eigenvalue weighted by atomic mass is 16.4. The molecular formula is C34H39N5O13. The van der Waals surface area contributed by atoms with E-state index in [0.29, 0.717) is 49.5 Å². The molecule has 9 N–H and O–H groups in total. The van der Waals surface area contributed by atoms with Crippen molar-refractivity contribution in [2.45, 2.75) is 26.9 Å². The van der Waals surface area contributed by atoms with Crippen molar-refractivity contribution in [1.29, 1.82) is 0 Å². The molecule has 0 aliphatic carbocycles. The van der Waals surface area contributed by atoms with Crippen molar-refractivity contribution in [2.24, 2.45) is 0 Å². The minimum atomic E-state index is -1.26. The molecule has 0 aliphatic heterocycles. The van der Waals surface area contributed by atoms with E-state index >= 15 is 0 Å². The SMILES string of the molecule is CCN(CC)CC(O)CNc1nccc2c(C)c3[nH]c4ccncc4c3cc12.O=C(O)/C=C\C(=O)O.O=C(O)/C=C\C(=O)O.O=C(O)/C=C\C(=O)O. The van der Waals surface area contributed by atoms with Crippen LogP contribution in [0.25, 0.3) is 32.6 Å². The quantitative estimate of drug-likeness (QED) is 0.0895. The van der Waals surface area contributed by atoms with Crippen molar-refractivity contribution in [1.82, 2.24) is 19.9 Å². The predicted molar refractivity (Wildman–Crippen MR) is 189 cm³/mol. The first kappa shape index (κ1) is 43.4. The van der Waals surface area contributed by atoms with Gasteiger partial charge in [-0.05, 0) is 49.2 Å². The number of carboxylic acid groups (broad SMARTS) is 6. The molecule has 1 atom stereocenters. The monoisotopic (exact) mass is 725 g/mol. The molecule has 3 heterocycles. The number of hydrogen-bond acceptors (Lipinski definition) is 11. The lowest BCUT2D eigenvalue weighted by Gasteiger charge is -2.22. The van der Waals surface area contributed by atoms with Crippen molar-refractivity contribution >= 4 is 74.2 Å². The number of aliphatic carboxylic acids is 6. The number of aromatic nitrogens is 3. The van der Waals surface area contributed by atoms with E-state index in [1.807, 2.05) is 24.5 Å². The number of aliphatic hydroxyl groups is 1. The van der Waals surface area contributed by atoms with Gasteiger partial charge in [-0.3, -0.25) is 4.98 Å². The third-order valence-electron chi connectivity index (χ3n) is 6.67. The highest BCUT2D eigenvalue weighted by Crippen LogP contribution is 2.34. The van der Waals surface area contributed by atoms with Gasteiger partial charge >= 0.3 is 35.8 Å². The van der Waals surface area contributed by atoms with Gasteiger partial charge in [0.25, 0.3) is 0 Å². The maximum atomic E-state index is 10.4. The van der Waals surface area contributed by atoms with E-state index in [4.69, 9.17) is 30.6 Å². The summed E-state index contributed by atoms with van der Waals surface area (Å²) < 4.78 is 0. The van der Waals surface area contributed by atoms with E-state index < -0.39 is 41.9 Å². The fraction of sp³-hybridized carbons (Fsp3) is 0.235. The van der Waals surface area contributed by atoms with Crippen LogP contribution in [0.5, 0.6) is 0 Å². The summed E-state index contributed by atoms with van der Waals surface area (Å²) >= 11 is 0. The number of hydrogen-bond donors (Lipinski definition) is 9. The second kappa shape index (κ2) is 22.1. The third kappa shape index (κ3) is 15.7. The number of nitrogens with one attached hydrogen (secondary N) is 2. The Bertz CT molecular complexity index is 1830. The first-order valence-corrected chi connectivity index (χ1v) is 15.2. The Hall–Kier alpha value is -6.66. The minimum Gasteiger partial charge on any atom is -0.478 e. The van der Waals surface area contributed by atoms with Crippen LogP contribution in [-0.2, 0) is 28.8 Å². The van der Waals surface area contributed by atoms with E-state index in [1.54, 1.807) is 6.20 Å². The highest BCUT2D eigenvalue weighted by molar-refractivity contribution is 6.15. The average Bonchev–Trinajstić information content (AvgIpc) is 3.47. The molecule has 4 rings (SSSR count). The molecule has 0 aliphatic rings. The van der Waals surface area contributed by atoms with Gasteiger partial charge in [0.15, 0.2) is 0 Å². The van der Waals surface area contributed by atoms with E-state index in [0.717, 1.165) is 51.5 Å². The zero-order valence-electron chi connectivity index (χ0n) is 28.3. The molecule has 0 saturated carbocycles. The highest BCUT2D eigenvalue weighted by Gasteiger charge is 2.14. The zero-order valence-corrected chi connectivity index (χ0v) is 28.3. The maximum Gasteiger partial charge on any atom is 0.328 e. The Labute approximate surface area is 295 Å². The lowest BCUT2D eigenvalue weighted by atomic mass is 10.0. The van der Waals surface area contributed by atoms with Crippen LogP contribution in [0.15, 0.2) is 73.2 Å². The van der Waals surface area contributed by atoms with Crippen LogP contribution >= 0.6 is 0 Å². The number of nitrogens with zero attached hydrogens (tertiary/aromatic N) is 3. The Morgan fingerprint density at radius 3 is 1.65 bits per heavy atom. The fourth-order valence-electron chi connectivity index (χ4n) is 4.35. The number of aryl methyl sites for hydroxylation is 1. The Morgan fingerprint density at radius 2 is 1.21 bits per heavy atom. The van der Waals surface area contributed by atoms with Crippen LogP contribution in [0.1, 0.15) is 19.4 Å². The number of H-pyrrole nitrogens is 1. The van der Waals surface area contributed by atoms with Crippen molar-refractivity contribution < 1.29 is 64.5 Å². The summed E-state index contributed by atoms with van der Waals surface area (Å²) in [7, 11) is 0. The maximum absolute atomic E-state index is 10.4. The average molecular weight is 726 g/mol. The largest absolute Gasteiger partial charge is 0.478 e. The number of pyridine rings is 2. The van der Waals surface area contributed by atoms with E-state index in [-0.39, 0.29) is 0 Å². The lowest BCUT2D eigenvalue weighted by molar-refractivity contribution is -0.134. The summed E-state index contributed by atoms with van der Waals surface area (Å²) in [6, 6.07) is 6.22. The van der Waals surface area contributed by atoms with Gasteiger partial charge in [-0.2, -0.15) is 0 Å². The van der Waals surface area contributed by atoms with Crippen molar-refractivity contribution in [3.63, 3.8) is 0 Å². The molecule has 4 aromatic rings. The Kier molecular flexibility index (Phi) is 18.5. The number of carboxylic acids is 6. The molecule has 0 amide bonds. The smallest absolute Gasteiger partial charge is 0.328 e. The Balaban J connectivity index is 0.000000460. The van der Waals surface area contributed by atoms with Crippen LogP contribution in [0.2, 0.25) is 0 Å². The predicted octanol–water partition coefficient (Wildman–Crippen LogP) is 2.82. The summed E-state index contributed by atoms with van der Waals surface area (Å²) in [5, 5.41) is 65.1. The number of fused-ring (bicyclic) bond motifs is 4. The summed E-state index contributed by atoms with van der Waals surface area (Å²) in [5.74, 6) is -6.74. The molecule has 18 heteroatoms. The van der Waals surface area contributed by atoms with Crippen LogP contribution in [0, 0.1) is 6.92 Å². The molecule has 0 radical (unpaired) electrons. The molecule has 3 aromatic heterocycles. The second-order valence-corrected chi connectivity index (χ2v) is 10.3. The van der Waals surface area contributed by atoms with Crippen molar-refractivity contribution in [3.8, 4) is 0 Å². The number of anilines is 1. The van der Waals surface area contributed by atoms with Crippen LogP contribution in [0.3, 0.4) is 0 Å². The lowest BCUT2D eigenvalue weighted by Crippen LogP contribution is -2.36. The molecule has 278 valence electrons. The van der Waals surface area contributed by atoms with Crippen molar-refractivity contribution in [2.75, 3.05) is 31.5 Å². The zero-order chi connectivity index (χ0) is 39.4. The van der Waals surface area contributed by atoms with Crippen LogP contribution < -0.4 is 5.32 Å². The number of likely N-dealkylation sites (N-methyl/N-ethyl adjacent to an activating group) is 1. The van der Waals surface area contributed by atoms with E-state index in [1.165, 1.54) is 5.56 Å². The van der Waals surface area contributed by atoms with Gasteiger partial charge < -0.3 is 50.9 Å². The van der Waals surface area contributed by atoms with Gasteiger partial charge in [0, 0.05) is 89.8 Å². The van der Waals surface area contributed by atoms with E-state index in [9.17, 15) is 33.9 Å². The molecule has 0 saturated heterocycles. The molecule has 0 bridgehead atoms. The normalized spacial score (nSPS) is 11.4. The van der Waals surface area contributed by atoms with Gasteiger partial charge in [-0.25, -0.2) is 33.8 Å². The molecule has 18 nitrogen and oxygen atoms in total. The topological polar surface area (TPSA) is 301 Å². The number of aliphatic hydroxyl groups excluding tert-OH is 1. The van der Waals surface area contributed by atoms with Crippen LogP contribution in [0.4, 0.5) is 5.82 Å². The molecule has 1 unspecified atom stereocenters. The van der Waals surface area contributed by atoms with Gasteiger partial charge in [0.2, 0.25) is 0 Å². The summed E-state index contributed by atoms with van der Waals surface area (Å²) in [5.41, 5.74) is 3.41. The van der Waals surface area contributed by atoms with Gasteiger partial charge in [-0.15, -0.1) is 0 Å². The van der Waals surface area contributed by atoms with Gasteiger partial charge in [0.05, 0.1) is 11.6 Å². The Morgan fingerprint density at radius 1 is 0.731 bits per heavy atom.